The SMILES string of the molecule is Cl.Cn1c(=O)n(C)c2cc(C(=O)CCCCNCCc3ccc(O)cc3Cl)ccc21. The van der Waals surface area contributed by atoms with E-state index in [-0.39, 0.29) is 29.6 Å². The van der Waals surface area contributed by atoms with Crippen LogP contribution in [0.5, 0.6) is 5.75 Å². The van der Waals surface area contributed by atoms with Crippen LogP contribution in [0.4, 0.5) is 0 Å². The number of unbranched alkanes of at least 4 members (excludes halogenated alkanes) is 1. The fourth-order valence-corrected chi connectivity index (χ4v) is 3.72. The van der Waals surface area contributed by atoms with Crippen LogP contribution in [0.25, 0.3) is 11.0 Å². The van der Waals surface area contributed by atoms with Gasteiger partial charge in [0.05, 0.1) is 11.0 Å². The highest BCUT2D eigenvalue weighted by molar-refractivity contribution is 6.31. The molecule has 30 heavy (non-hydrogen) atoms. The van der Waals surface area contributed by atoms with Crippen LogP contribution in [0, 0.1) is 0 Å². The van der Waals surface area contributed by atoms with Gasteiger partial charge >= 0.3 is 5.69 Å². The normalized spacial score (nSPS) is 10.9. The van der Waals surface area contributed by atoms with Crippen LogP contribution in [-0.4, -0.2) is 33.1 Å². The molecule has 0 unspecified atom stereocenters. The molecule has 0 bridgehead atoms. The number of nitrogens with one attached hydrogen (secondary N) is 1. The molecular weight excluding hydrogens is 425 g/mol. The van der Waals surface area contributed by atoms with Gasteiger partial charge < -0.3 is 10.4 Å². The molecule has 1 aromatic heterocycles. The van der Waals surface area contributed by atoms with Crippen molar-refractivity contribution in [1.29, 1.82) is 0 Å². The number of rotatable bonds is 9. The Bertz CT molecular complexity index is 1090. The van der Waals surface area contributed by atoms with Crippen LogP contribution >= 0.6 is 24.0 Å². The molecular formula is C22H27Cl2N3O3. The van der Waals surface area contributed by atoms with Gasteiger partial charge in [0.2, 0.25) is 0 Å². The number of hydrogen-bond acceptors (Lipinski definition) is 4. The highest BCUT2D eigenvalue weighted by Gasteiger charge is 2.11. The third kappa shape index (κ3) is 5.45. The minimum atomic E-state index is -0.0933. The molecule has 0 aliphatic rings. The number of aromatic hydroxyl groups is 1. The fraction of sp³-hybridized carbons (Fsp3) is 0.364. The largest absolute Gasteiger partial charge is 0.508 e. The Balaban J connectivity index is 0.00000320. The minimum Gasteiger partial charge on any atom is -0.508 e. The molecule has 2 aromatic carbocycles. The number of phenolic OH excluding ortho intramolecular Hbond substituents is 1. The van der Waals surface area contributed by atoms with E-state index in [1.54, 1.807) is 47.5 Å². The Kier molecular flexibility index (Phi) is 8.53. The second-order valence-corrected chi connectivity index (χ2v) is 7.67. The molecule has 8 heteroatoms. The summed E-state index contributed by atoms with van der Waals surface area (Å²) in [6, 6.07) is 10.4. The molecule has 0 aliphatic heterocycles. The zero-order valence-corrected chi connectivity index (χ0v) is 18.7. The zero-order valence-electron chi connectivity index (χ0n) is 17.2. The van der Waals surface area contributed by atoms with E-state index in [1.807, 2.05) is 12.1 Å². The number of phenols is 1. The van der Waals surface area contributed by atoms with Gasteiger partial charge in [-0.2, -0.15) is 0 Å². The molecule has 162 valence electrons. The molecule has 0 fully saturated rings. The Labute approximate surface area is 186 Å². The molecule has 0 saturated carbocycles. The molecule has 0 aliphatic carbocycles. The Morgan fingerprint density at radius 3 is 2.50 bits per heavy atom. The van der Waals surface area contributed by atoms with Crippen molar-refractivity contribution in [2.24, 2.45) is 14.1 Å². The minimum absolute atomic E-state index is 0. The molecule has 6 nitrogen and oxygen atoms in total. The van der Waals surface area contributed by atoms with Crippen LogP contribution in [0.1, 0.15) is 35.2 Å². The first-order valence-corrected chi connectivity index (χ1v) is 10.1. The van der Waals surface area contributed by atoms with Crippen molar-refractivity contribution < 1.29 is 9.90 Å². The number of aromatic nitrogens is 2. The number of aryl methyl sites for hydroxylation is 2. The Morgan fingerprint density at radius 2 is 1.77 bits per heavy atom. The lowest BCUT2D eigenvalue weighted by Gasteiger charge is -2.07. The number of fused-ring (bicyclic) bond motifs is 1. The van der Waals surface area contributed by atoms with Crippen molar-refractivity contribution >= 4 is 40.8 Å². The first-order valence-electron chi connectivity index (χ1n) is 9.75. The van der Waals surface area contributed by atoms with Crippen molar-refractivity contribution in [3.8, 4) is 5.75 Å². The van der Waals surface area contributed by atoms with E-state index in [0.29, 0.717) is 17.0 Å². The van der Waals surface area contributed by atoms with Crippen LogP contribution < -0.4 is 11.0 Å². The smallest absolute Gasteiger partial charge is 0.328 e. The highest BCUT2D eigenvalue weighted by atomic mass is 35.5. The lowest BCUT2D eigenvalue weighted by Crippen LogP contribution is -2.19. The van der Waals surface area contributed by atoms with E-state index in [0.717, 1.165) is 48.9 Å². The van der Waals surface area contributed by atoms with Gasteiger partial charge in [0.15, 0.2) is 5.78 Å². The summed E-state index contributed by atoms with van der Waals surface area (Å²) in [6.45, 7) is 1.62. The van der Waals surface area contributed by atoms with Crippen LogP contribution in [0.2, 0.25) is 5.02 Å². The number of hydrogen-bond donors (Lipinski definition) is 2. The number of carbonyl (C=O) groups excluding carboxylic acids is 1. The molecule has 0 atom stereocenters. The van der Waals surface area contributed by atoms with E-state index in [4.69, 9.17) is 11.6 Å². The second-order valence-electron chi connectivity index (χ2n) is 7.26. The summed E-state index contributed by atoms with van der Waals surface area (Å²) in [5.41, 5.74) is 3.15. The van der Waals surface area contributed by atoms with Crippen molar-refractivity contribution in [3.05, 3.63) is 63.0 Å². The summed E-state index contributed by atoms with van der Waals surface area (Å²) in [5.74, 6) is 0.268. The summed E-state index contributed by atoms with van der Waals surface area (Å²) in [5, 5.41) is 13.3. The summed E-state index contributed by atoms with van der Waals surface area (Å²) in [6.07, 6.45) is 2.98. The topological polar surface area (TPSA) is 76.3 Å². The maximum Gasteiger partial charge on any atom is 0.328 e. The van der Waals surface area contributed by atoms with Gasteiger partial charge in [0.1, 0.15) is 5.75 Å². The maximum atomic E-state index is 12.5. The molecule has 3 aromatic rings. The zero-order chi connectivity index (χ0) is 21.0. The Morgan fingerprint density at radius 1 is 1.03 bits per heavy atom. The second kappa shape index (κ2) is 10.7. The number of imidazole rings is 1. The number of nitrogens with zero attached hydrogens (tertiary/aromatic N) is 2. The molecule has 3 rings (SSSR count). The molecule has 1 heterocycles. The van der Waals surface area contributed by atoms with Crippen molar-refractivity contribution in [2.45, 2.75) is 25.7 Å². The van der Waals surface area contributed by atoms with E-state index in [2.05, 4.69) is 5.32 Å². The van der Waals surface area contributed by atoms with E-state index in [9.17, 15) is 14.7 Å². The molecule has 0 radical (unpaired) electrons. The Hall–Kier alpha value is -2.28. The molecule has 0 amide bonds. The monoisotopic (exact) mass is 451 g/mol. The molecule has 0 spiro atoms. The number of Topliss-reactive ketones (excluding diaryl/α,β-unsaturated/α-hetero) is 1. The number of halogens is 2. The average molecular weight is 452 g/mol. The maximum absolute atomic E-state index is 12.5. The number of ketones is 1. The first kappa shape index (κ1) is 24.0. The summed E-state index contributed by atoms with van der Waals surface area (Å²) in [7, 11) is 3.45. The van der Waals surface area contributed by atoms with Gasteiger partial charge in [-0.3, -0.25) is 13.9 Å². The van der Waals surface area contributed by atoms with Gasteiger partial charge in [-0.05, 0) is 68.2 Å². The standard InChI is InChI=1S/C22H26ClN3O3.ClH/c1-25-19-9-7-16(13-20(19)26(2)22(25)29)21(28)5-3-4-11-24-12-10-15-6-8-17(27)14-18(15)23;/h6-9,13-14,24,27H,3-5,10-12H2,1-2H3;1H. The van der Waals surface area contributed by atoms with Gasteiger partial charge in [-0.1, -0.05) is 17.7 Å². The van der Waals surface area contributed by atoms with Crippen LogP contribution in [0.3, 0.4) is 0 Å². The third-order valence-corrected chi connectivity index (χ3v) is 5.56. The number of benzene rings is 2. The predicted molar refractivity (Wildman–Crippen MR) is 123 cm³/mol. The average Bonchev–Trinajstić information content (AvgIpc) is 2.92. The van der Waals surface area contributed by atoms with E-state index in [1.165, 1.54) is 0 Å². The van der Waals surface area contributed by atoms with Gasteiger partial charge in [0, 0.05) is 31.1 Å². The summed E-state index contributed by atoms with van der Waals surface area (Å²) < 4.78 is 3.15. The fourth-order valence-electron chi connectivity index (χ4n) is 3.45. The van der Waals surface area contributed by atoms with Crippen molar-refractivity contribution in [3.63, 3.8) is 0 Å². The van der Waals surface area contributed by atoms with Crippen LogP contribution in [-0.2, 0) is 20.5 Å². The predicted octanol–water partition coefficient (Wildman–Crippen LogP) is 3.84. The van der Waals surface area contributed by atoms with Gasteiger partial charge in [0.25, 0.3) is 0 Å². The third-order valence-electron chi connectivity index (χ3n) is 5.21. The van der Waals surface area contributed by atoms with E-state index < -0.39 is 0 Å². The first-order chi connectivity index (χ1) is 13.9. The van der Waals surface area contributed by atoms with Crippen molar-refractivity contribution in [1.82, 2.24) is 14.5 Å². The lowest BCUT2D eigenvalue weighted by atomic mass is 10.0. The van der Waals surface area contributed by atoms with E-state index >= 15 is 0 Å². The summed E-state index contributed by atoms with van der Waals surface area (Å²) in [4.78, 5) is 24.5. The summed E-state index contributed by atoms with van der Waals surface area (Å²) >= 11 is 6.10. The highest BCUT2D eigenvalue weighted by Crippen LogP contribution is 2.21. The molecule has 2 N–H and O–H groups in total. The van der Waals surface area contributed by atoms with Gasteiger partial charge in [-0.25, -0.2) is 4.79 Å². The van der Waals surface area contributed by atoms with Crippen LogP contribution in [0.15, 0.2) is 41.2 Å². The van der Waals surface area contributed by atoms with Gasteiger partial charge in [-0.15, -0.1) is 12.4 Å². The quantitative estimate of drug-likeness (QED) is 0.382. The molecule has 0 saturated heterocycles. The lowest BCUT2D eigenvalue weighted by molar-refractivity contribution is 0.0979. The number of carbonyl (C=O) groups is 1. The van der Waals surface area contributed by atoms with Crippen molar-refractivity contribution in [2.75, 3.05) is 13.1 Å².